The van der Waals surface area contributed by atoms with Gasteiger partial charge in [0.15, 0.2) is 6.54 Å². The van der Waals surface area contributed by atoms with Crippen molar-refractivity contribution in [3.8, 4) is 0 Å². The Morgan fingerprint density at radius 1 is 0.946 bits per heavy atom. The number of fused-ring (bicyclic) bond motifs is 2. The molecule has 0 bridgehead atoms. The summed E-state index contributed by atoms with van der Waals surface area (Å²) in [5, 5.41) is 22.1. The third-order valence-corrected chi connectivity index (χ3v) is 8.02. The maximum absolute atomic E-state index is 11.2. The number of carboxylic acids is 2. The van der Waals surface area contributed by atoms with Crippen molar-refractivity contribution in [1.82, 2.24) is 0 Å². The van der Waals surface area contributed by atoms with Crippen LogP contribution in [0.4, 0.5) is 5.69 Å². The molecule has 1 aromatic heterocycles. The zero-order chi connectivity index (χ0) is 26.0. The highest BCUT2D eigenvalue weighted by Gasteiger charge is 2.23. The Bertz CT molecular complexity index is 1390. The molecule has 0 saturated carbocycles. The maximum atomic E-state index is 11.2. The Morgan fingerprint density at radius 2 is 1.70 bits per heavy atom. The monoisotopic (exact) mass is 532 g/mol. The van der Waals surface area contributed by atoms with Crippen LogP contribution in [0.1, 0.15) is 30.7 Å². The molecule has 0 aliphatic carbocycles. The number of benzene rings is 2. The molecule has 0 fully saturated rings. The third kappa shape index (κ3) is 7.21. The summed E-state index contributed by atoms with van der Waals surface area (Å²) in [7, 11) is 0. The number of hydrogen-bond donors (Lipinski definition) is 1. The van der Waals surface area contributed by atoms with E-state index in [-0.39, 0.29) is 13.0 Å². The number of para-hydroxylation sites is 2. The Balaban J connectivity index is 1.38. The molecule has 0 unspecified atom stereocenters. The molecule has 1 aliphatic rings. The Labute approximate surface area is 224 Å². The average Bonchev–Trinajstić information content (AvgIpc) is 3.40. The first-order valence-corrected chi connectivity index (χ1v) is 13.8. The topological polar surface area (TPSA) is 84.5 Å². The number of nitrogens with zero attached hydrogens (tertiary/aromatic N) is 2. The highest BCUT2D eigenvalue weighted by molar-refractivity contribution is 8.03. The van der Waals surface area contributed by atoms with E-state index in [2.05, 4.69) is 23.1 Å². The molecule has 0 atom stereocenters. The molecule has 8 heteroatoms. The molecular formula is C29H28N2O4S2. The van der Waals surface area contributed by atoms with Gasteiger partial charge in [-0.2, -0.15) is 4.57 Å². The predicted octanol–water partition coefficient (Wildman–Crippen LogP) is 5.16. The quantitative estimate of drug-likeness (QED) is 0.197. The van der Waals surface area contributed by atoms with Crippen LogP contribution < -0.4 is 14.6 Å². The number of carbonyl (C=O) groups excluding carboxylic acids is 1. The molecule has 2 aromatic carbocycles. The smallest absolute Gasteiger partial charge is 0.303 e. The summed E-state index contributed by atoms with van der Waals surface area (Å²) < 4.78 is 2.78. The molecule has 0 amide bonds. The number of aliphatic carboxylic acids is 2. The van der Waals surface area contributed by atoms with Gasteiger partial charge in [0.25, 0.3) is 5.01 Å². The number of anilines is 1. The van der Waals surface area contributed by atoms with Crippen LogP contribution in [-0.4, -0.2) is 23.6 Å². The normalized spacial score (nSPS) is 14.6. The summed E-state index contributed by atoms with van der Waals surface area (Å²) in [5.41, 5.74) is 2.07. The Kier molecular flexibility index (Phi) is 9.35. The summed E-state index contributed by atoms with van der Waals surface area (Å²) in [6.07, 6.45) is 16.5. The molecule has 190 valence electrons. The Morgan fingerprint density at radius 3 is 2.54 bits per heavy atom. The highest BCUT2D eigenvalue weighted by Crippen LogP contribution is 2.45. The van der Waals surface area contributed by atoms with E-state index in [9.17, 15) is 14.7 Å². The molecule has 4 rings (SSSR count). The van der Waals surface area contributed by atoms with Crippen molar-refractivity contribution in [2.75, 3.05) is 11.4 Å². The largest absolute Gasteiger partial charge is 0.544 e. The molecule has 6 nitrogen and oxygen atoms in total. The fraction of sp³-hybridized carbons (Fsp3) is 0.207. The number of carbonyl (C=O) groups is 2. The minimum atomic E-state index is -1.11. The summed E-state index contributed by atoms with van der Waals surface area (Å²) in [6.45, 7) is 0.667. The summed E-state index contributed by atoms with van der Waals surface area (Å²) in [4.78, 5) is 25.5. The van der Waals surface area contributed by atoms with Gasteiger partial charge in [-0.1, -0.05) is 84.2 Å². The first-order valence-electron chi connectivity index (χ1n) is 12.1. The SMILES string of the molecule is O=C([O-])C[n+]1c(/C=C/C=C/C=C/C=C2/Sc3ccccc3N2CCCCCC(=O)O)sc2ccccc21. The number of thioether (sulfide) groups is 1. The number of aromatic nitrogens is 1. The van der Waals surface area contributed by atoms with Crippen LogP contribution in [0.25, 0.3) is 16.3 Å². The van der Waals surface area contributed by atoms with Crippen molar-refractivity contribution in [1.29, 1.82) is 0 Å². The van der Waals surface area contributed by atoms with Crippen molar-refractivity contribution in [2.45, 2.75) is 37.1 Å². The van der Waals surface area contributed by atoms with Crippen molar-refractivity contribution < 1.29 is 24.4 Å². The lowest BCUT2D eigenvalue weighted by molar-refractivity contribution is -0.663. The fourth-order valence-electron chi connectivity index (χ4n) is 4.07. The molecule has 0 spiro atoms. The van der Waals surface area contributed by atoms with Crippen LogP contribution in [0.5, 0.6) is 0 Å². The minimum absolute atomic E-state index is 0.184. The fourth-order valence-corrected chi connectivity index (χ4v) is 6.24. The van der Waals surface area contributed by atoms with Crippen molar-refractivity contribution in [2.24, 2.45) is 0 Å². The van der Waals surface area contributed by atoms with Gasteiger partial charge in [-0.3, -0.25) is 4.79 Å². The number of carboxylic acid groups (broad SMARTS) is 2. The highest BCUT2D eigenvalue weighted by atomic mass is 32.2. The summed E-state index contributed by atoms with van der Waals surface area (Å²) in [6, 6.07) is 16.1. The standard InChI is InChI=1S/C29H28N2O4S2/c32-28(33)19-7-4-12-20-30-22-13-8-10-15-24(22)36-26(30)17-5-2-1-3-6-18-27-31(21-29(34)35)23-14-9-11-16-25(23)37-27/h1-3,5-6,8-11,13-18H,4,7,12,19-21H2,(H-,32,33,34,35). The van der Waals surface area contributed by atoms with Gasteiger partial charge in [-0.25, -0.2) is 0 Å². The van der Waals surface area contributed by atoms with E-state index >= 15 is 0 Å². The zero-order valence-corrected chi connectivity index (χ0v) is 21.9. The van der Waals surface area contributed by atoms with Gasteiger partial charge in [0, 0.05) is 30.0 Å². The number of hydrogen-bond acceptors (Lipinski definition) is 6. The van der Waals surface area contributed by atoms with Crippen LogP contribution in [0.15, 0.2) is 94.9 Å². The van der Waals surface area contributed by atoms with Crippen LogP contribution in [0.3, 0.4) is 0 Å². The lowest BCUT2D eigenvalue weighted by Crippen LogP contribution is -2.44. The summed E-state index contributed by atoms with van der Waals surface area (Å²) >= 11 is 3.28. The summed E-state index contributed by atoms with van der Waals surface area (Å²) in [5.74, 6) is -1.85. The molecule has 1 aliphatic heterocycles. The average molecular weight is 533 g/mol. The zero-order valence-electron chi connectivity index (χ0n) is 20.3. The number of unbranched alkanes of at least 4 members (excludes halogenated alkanes) is 2. The molecule has 37 heavy (non-hydrogen) atoms. The lowest BCUT2D eigenvalue weighted by atomic mass is 10.2. The Hall–Kier alpha value is -3.62. The van der Waals surface area contributed by atoms with E-state index in [1.807, 2.05) is 72.9 Å². The van der Waals surface area contributed by atoms with Crippen LogP contribution in [0.2, 0.25) is 0 Å². The van der Waals surface area contributed by atoms with Gasteiger partial charge < -0.3 is 19.9 Å². The van der Waals surface area contributed by atoms with Gasteiger partial charge in [-0.05, 0) is 37.1 Å². The molecule has 2 heterocycles. The van der Waals surface area contributed by atoms with Crippen molar-refractivity contribution in [3.63, 3.8) is 0 Å². The van der Waals surface area contributed by atoms with E-state index in [0.29, 0.717) is 6.42 Å². The van der Waals surface area contributed by atoms with E-state index in [4.69, 9.17) is 5.11 Å². The van der Waals surface area contributed by atoms with Crippen molar-refractivity contribution in [3.05, 3.63) is 95.0 Å². The maximum Gasteiger partial charge on any atom is 0.303 e. The van der Waals surface area contributed by atoms with E-state index in [1.165, 1.54) is 10.6 Å². The molecule has 0 radical (unpaired) electrons. The van der Waals surface area contributed by atoms with E-state index in [0.717, 1.165) is 39.6 Å². The van der Waals surface area contributed by atoms with Gasteiger partial charge in [0.2, 0.25) is 5.52 Å². The van der Waals surface area contributed by atoms with Gasteiger partial charge in [0.1, 0.15) is 10.7 Å². The second kappa shape index (κ2) is 13.1. The van der Waals surface area contributed by atoms with Crippen molar-refractivity contribution >= 4 is 57.0 Å². The van der Waals surface area contributed by atoms with Crippen LogP contribution >= 0.6 is 23.1 Å². The first-order chi connectivity index (χ1) is 18.0. The second-order valence-electron chi connectivity index (χ2n) is 8.43. The number of rotatable bonds is 12. The predicted molar refractivity (Wildman–Crippen MR) is 148 cm³/mol. The first kappa shape index (κ1) is 26.4. The number of allylic oxidation sites excluding steroid dienone is 6. The third-order valence-electron chi connectivity index (χ3n) is 5.75. The number of thiazole rings is 1. The van der Waals surface area contributed by atoms with E-state index in [1.54, 1.807) is 27.7 Å². The van der Waals surface area contributed by atoms with Gasteiger partial charge >= 0.3 is 5.97 Å². The van der Waals surface area contributed by atoms with Crippen LogP contribution in [0, 0.1) is 0 Å². The van der Waals surface area contributed by atoms with Crippen LogP contribution in [-0.2, 0) is 16.1 Å². The van der Waals surface area contributed by atoms with Gasteiger partial charge in [0.05, 0.1) is 10.7 Å². The minimum Gasteiger partial charge on any atom is -0.544 e. The lowest BCUT2D eigenvalue weighted by Gasteiger charge is -2.20. The molecular weight excluding hydrogens is 504 g/mol. The second-order valence-corrected chi connectivity index (χ2v) is 10.6. The van der Waals surface area contributed by atoms with E-state index < -0.39 is 11.9 Å². The molecule has 3 aromatic rings. The van der Waals surface area contributed by atoms with Gasteiger partial charge in [-0.15, -0.1) is 0 Å². The molecule has 1 N–H and O–H groups in total. The molecule has 0 saturated heterocycles.